The van der Waals surface area contributed by atoms with Crippen molar-refractivity contribution in [1.29, 1.82) is 10.5 Å². The molecule has 2 N–H and O–H groups in total. The normalized spacial score (nSPS) is 20.2. The van der Waals surface area contributed by atoms with Crippen LogP contribution in [-0.4, -0.2) is 84.2 Å². The second-order valence-corrected chi connectivity index (χ2v) is 13.6. The Bertz CT molecular complexity index is 1400. The molecule has 0 amide bonds. The fourth-order valence-corrected chi connectivity index (χ4v) is 6.50. The second kappa shape index (κ2) is 10.6. The third-order valence-electron chi connectivity index (χ3n) is 7.98. The van der Waals surface area contributed by atoms with Crippen LogP contribution in [0, 0.1) is 22.7 Å². The van der Waals surface area contributed by atoms with E-state index >= 15 is 0 Å². The van der Waals surface area contributed by atoms with Crippen LogP contribution in [0.15, 0.2) is 24.4 Å². The zero-order chi connectivity index (χ0) is 28.6. The van der Waals surface area contributed by atoms with E-state index in [1.54, 1.807) is 6.07 Å². The Hall–Kier alpha value is -3.45. The lowest BCUT2D eigenvalue weighted by molar-refractivity contribution is -0.00773. The predicted octanol–water partition coefficient (Wildman–Crippen LogP) is 3.11. The largest absolute Gasteiger partial charge is 0.368 e. The molecule has 0 atom stereocenters. The minimum Gasteiger partial charge on any atom is -0.368 e. The van der Waals surface area contributed by atoms with Gasteiger partial charge in [-0.05, 0) is 65.8 Å². The van der Waals surface area contributed by atoms with Gasteiger partial charge in [0.1, 0.15) is 23.5 Å². The molecule has 0 aliphatic carbocycles. The molecular formula is C27H37N9O2S. The number of benzene rings is 1. The number of piperazine rings is 1. The van der Waals surface area contributed by atoms with Crippen molar-refractivity contribution in [1.82, 2.24) is 19.2 Å². The maximum Gasteiger partial charge on any atom is 0.229 e. The van der Waals surface area contributed by atoms with Gasteiger partial charge < -0.3 is 15.5 Å². The van der Waals surface area contributed by atoms with Crippen LogP contribution in [-0.2, 0) is 10.0 Å². The van der Waals surface area contributed by atoms with Gasteiger partial charge in [0, 0.05) is 49.0 Å². The van der Waals surface area contributed by atoms with E-state index in [4.69, 9.17) is 0 Å². The highest BCUT2D eigenvalue weighted by Crippen LogP contribution is 2.38. The zero-order valence-electron chi connectivity index (χ0n) is 23.5. The molecule has 0 radical (unpaired) electrons. The average molecular weight is 552 g/mol. The Morgan fingerprint density at radius 1 is 1.00 bits per heavy atom. The first kappa shape index (κ1) is 28.6. The van der Waals surface area contributed by atoms with Gasteiger partial charge in [0.15, 0.2) is 0 Å². The summed E-state index contributed by atoms with van der Waals surface area (Å²) in [4.78, 5) is 13.4. The number of nitriles is 2. The molecule has 3 heterocycles. The van der Waals surface area contributed by atoms with E-state index < -0.39 is 10.0 Å². The Balaban J connectivity index is 1.51. The Morgan fingerprint density at radius 2 is 1.62 bits per heavy atom. The Morgan fingerprint density at radius 3 is 2.18 bits per heavy atom. The quantitative estimate of drug-likeness (QED) is 0.550. The van der Waals surface area contributed by atoms with Crippen LogP contribution in [0.2, 0.25) is 0 Å². The van der Waals surface area contributed by atoms with Gasteiger partial charge in [-0.2, -0.15) is 19.8 Å². The first-order valence-corrected chi connectivity index (χ1v) is 14.9. The average Bonchev–Trinajstić information content (AvgIpc) is 2.86. The molecule has 1 aromatic carbocycles. The van der Waals surface area contributed by atoms with Crippen molar-refractivity contribution in [3.05, 3.63) is 35.5 Å². The molecule has 2 aliphatic rings. The molecule has 11 nitrogen and oxygen atoms in total. The van der Waals surface area contributed by atoms with Crippen molar-refractivity contribution in [3.63, 3.8) is 0 Å². The number of nitrogens with zero attached hydrogens (tertiary/aromatic N) is 7. The lowest BCUT2D eigenvalue weighted by atomic mass is 9.77. The van der Waals surface area contributed by atoms with Crippen LogP contribution in [0.25, 0.3) is 0 Å². The van der Waals surface area contributed by atoms with Gasteiger partial charge in [-0.1, -0.05) is 0 Å². The molecule has 2 aromatic rings. The van der Waals surface area contributed by atoms with E-state index in [0.29, 0.717) is 54.8 Å². The van der Waals surface area contributed by atoms with Gasteiger partial charge in [0.05, 0.1) is 23.7 Å². The van der Waals surface area contributed by atoms with Gasteiger partial charge in [-0.3, -0.25) is 4.90 Å². The first-order valence-electron chi connectivity index (χ1n) is 13.0. The van der Waals surface area contributed by atoms with Gasteiger partial charge in [-0.25, -0.2) is 13.4 Å². The summed E-state index contributed by atoms with van der Waals surface area (Å²) in [6.07, 6.45) is 4.51. The van der Waals surface area contributed by atoms with Crippen LogP contribution in [0.3, 0.4) is 0 Å². The summed E-state index contributed by atoms with van der Waals surface area (Å²) in [5.74, 6) is 0.804. The molecule has 0 unspecified atom stereocenters. The number of aromatic nitrogens is 2. The molecule has 1 aromatic heterocycles. The summed E-state index contributed by atoms with van der Waals surface area (Å²) in [5, 5.41) is 26.2. The van der Waals surface area contributed by atoms with E-state index in [0.717, 1.165) is 18.5 Å². The molecule has 0 spiro atoms. The van der Waals surface area contributed by atoms with Crippen molar-refractivity contribution < 1.29 is 8.42 Å². The van der Waals surface area contributed by atoms with Crippen LogP contribution in [0.5, 0.6) is 0 Å². The second-order valence-electron chi connectivity index (χ2n) is 11.6. The van der Waals surface area contributed by atoms with Gasteiger partial charge in [0.2, 0.25) is 16.0 Å². The van der Waals surface area contributed by atoms with Crippen molar-refractivity contribution in [3.8, 4) is 12.1 Å². The van der Waals surface area contributed by atoms with Crippen LogP contribution in [0.4, 0.5) is 23.1 Å². The predicted molar refractivity (Wildman–Crippen MR) is 152 cm³/mol. The van der Waals surface area contributed by atoms with Crippen molar-refractivity contribution in [2.75, 3.05) is 55.0 Å². The first-order chi connectivity index (χ1) is 18.2. The number of piperidine rings is 1. The standard InChI is InChI=1S/C27H37N9O2S/c1-26(2)14-22(15-27(3,4)34(26)5)31-24-20(17-29)18-30-25(33-24)32-21-7-8-23(19(13-21)16-28)35-9-11-36(12-10-35)39(6,37)38/h7-8,13,18,22H,9-12,14-15H2,1-6H3,(H2,30,31,32,33). The van der Waals surface area contributed by atoms with E-state index in [1.807, 2.05) is 17.0 Å². The van der Waals surface area contributed by atoms with Crippen molar-refractivity contribution in [2.24, 2.45) is 0 Å². The highest BCUT2D eigenvalue weighted by Gasteiger charge is 2.43. The summed E-state index contributed by atoms with van der Waals surface area (Å²) in [6.45, 7) is 10.7. The third kappa shape index (κ3) is 6.25. The van der Waals surface area contributed by atoms with Gasteiger partial charge in [0.25, 0.3) is 0 Å². The minimum atomic E-state index is -3.23. The molecule has 0 saturated carbocycles. The molecule has 0 bridgehead atoms. The molecule has 2 saturated heterocycles. The van der Waals surface area contributed by atoms with Crippen LogP contribution < -0.4 is 15.5 Å². The summed E-state index contributed by atoms with van der Waals surface area (Å²) in [5.41, 5.74) is 2.20. The lowest BCUT2D eigenvalue weighted by Crippen LogP contribution is -2.61. The van der Waals surface area contributed by atoms with Crippen LogP contribution >= 0.6 is 0 Å². The number of hydrogen-bond acceptors (Lipinski definition) is 10. The summed E-state index contributed by atoms with van der Waals surface area (Å²) >= 11 is 0. The fraction of sp³-hybridized carbons (Fsp3) is 0.556. The van der Waals surface area contributed by atoms with Gasteiger partial charge in [-0.15, -0.1) is 0 Å². The highest BCUT2D eigenvalue weighted by molar-refractivity contribution is 7.88. The van der Waals surface area contributed by atoms with E-state index in [2.05, 4.69) is 72.4 Å². The molecule has 12 heteroatoms. The zero-order valence-corrected chi connectivity index (χ0v) is 24.3. The SMILES string of the molecule is CN1C(C)(C)CC(Nc2nc(Nc3ccc(N4CCN(S(C)(=O)=O)CC4)c(C#N)c3)ncc2C#N)CC1(C)C. The highest BCUT2D eigenvalue weighted by atomic mass is 32.2. The molecule has 39 heavy (non-hydrogen) atoms. The molecule has 4 rings (SSSR count). The monoisotopic (exact) mass is 551 g/mol. The lowest BCUT2D eigenvalue weighted by Gasteiger charge is -2.53. The van der Waals surface area contributed by atoms with E-state index in [9.17, 15) is 18.9 Å². The Labute approximate surface area is 231 Å². The fourth-order valence-electron chi connectivity index (χ4n) is 5.67. The molecule has 2 fully saturated rings. The van der Waals surface area contributed by atoms with Crippen molar-refractivity contribution >= 4 is 33.2 Å². The number of nitrogens with one attached hydrogen (secondary N) is 2. The number of sulfonamides is 1. The summed E-state index contributed by atoms with van der Waals surface area (Å²) in [7, 11) is -1.08. The minimum absolute atomic E-state index is 0.0206. The molecule has 208 valence electrons. The Kier molecular flexibility index (Phi) is 7.77. The molecular weight excluding hydrogens is 514 g/mol. The summed E-state index contributed by atoms with van der Waals surface area (Å²) < 4.78 is 25.1. The number of likely N-dealkylation sites (tertiary alicyclic amines) is 1. The third-order valence-corrected chi connectivity index (χ3v) is 9.28. The number of hydrogen-bond donors (Lipinski definition) is 2. The van der Waals surface area contributed by atoms with Crippen molar-refractivity contribution in [2.45, 2.75) is 57.7 Å². The maximum absolute atomic E-state index is 11.8. The smallest absolute Gasteiger partial charge is 0.229 e. The van der Waals surface area contributed by atoms with E-state index in [-0.39, 0.29) is 17.1 Å². The van der Waals surface area contributed by atoms with Gasteiger partial charge >= 0.3 is 0 Å². The topological polar surface area (TPSA) is 141 Å². The van der Waals surface area contributed by atoms with E-state index in [1.165, 1.54) is 16.8 Å². The maximum atomic E-state index is 11.8. The number of rotatable bonds is 6. The van der Waals surface area contributed by atoms with Crippen LogP contribution in [0.1, 0.15) is 51.7 Å². The summed E-state index contributed by atoms with van der Waals surface area (Å²) in [6, 6.07) is 9.99. The number of anilines is 4. The molecule has 2 aliphatic heterocycles.